The number of nitrogens with zero attached hydrogens (tertiary/aromatic N) is 3. The number of halogens is 1. The van der Waals surface area contributed by atoms with Crippen molar-refractivity contribution < 1.29 is 9.90 Å². The molecule has 1 aromatic rings. The smallest absolute Gasteiger partial charge is 0.156 e. The monoisotopic (exact) mass is 269 g/mol. The Hall–Kier alpha value is -1.20. The number of rotatable bonds is 3. The number of carbonyl (C=O) groups is 1. The zero-order valence-electron chi connectivity index (χ0n) is 10.4. The fourth-order valence-electron chi connectivity index (χ4n) is 2.40. The van der Waals surface area contributed by atoms with Crippen LogP contribution in [0.15, 0.2) is 0 Å². The highest BCUT2D eigenvalue weighted by Crippen LogP contribution is 2.31. The lowest BCUT2D eigenvalue weighted by Crippen LogP contribution is -2.36. The van der Waals surface area contributed by atoms with Crippen LogP contribution in [0, 0.1) is 12.8 Å². The van der Waals surface area contributed by atoms with Crippen LogP contribution in [0.25, 0.3) is 0 Å². The van der Waals surface area contributed by atoms with E-state index in [2.05, 4.69) is 16.9 Å². The van der Waals surface area contributed by atoms with Crippen molar-refractivity contribution in [2.75, 3.05) is 18.1 Å². The zero-order valence-corrected chi connectivity index (χ0v) is 11.2. The Labute approximate surface area is 111 Å². The van der Waals surface area contributed by atoms with E-state index in [1.54, 1.807) is 6.92 Å². The second-order valence-corrected chi connectivity index (χ2v) is 4.98. The molecule has 0 aliphatic carbocycles. The quantitative estimate of drug-likeness (QED) is 0.665. The number of aromatic nitrogens is 2. The molecule has 1 aliphatic heterocycles. The molecule has 1 aliphatic rings. The summed E-state index contributed by atoms with van der Waals surface area (Å²) in [5, 5.41) is 9.63. The number of hydrogen-bond acceptors (Lipinski definition) is 5. The molecule has 1 fully saturated rings. The Bertz CT molecular complexity index is 467. The van der Waals surface area contributed by atoms with Crippen molar-refractivity contribution in [1.82, 2.24) is 9.97 Å². The van der Waals surface area contributed by atoms with E-state index in [4.69, 9.17) is 11.6 Å². The van der Waals surface area contributed by atoms with Gasteiger partial charge in [0.2, 0.25) is 0 Å². The molecular weight excluding hydrogens is 254 g/mol. The van der Waals surface area contributed by atoms with Crippen molar-refractivity contribution in [3.05, 3.63) is 16.5 Å². The van der Waals surface area contributed by atoms with Gasteiger partial charge in [-0.3, -0.25) is 4.79 Å². The summed E-state index contributed by atoms with van der Waals surface area (Å²) in [5.41, 5.74) is 0.301. The van der Waals surface area contributed by atoms with Crippen LogP contribution in [0.1, 0.15) is 29.5 Å². The highest BCUT2D eigenvalue weighted by Gasteiger charge is 2.33. The Morgan fingerprint density at radius 1 is 1.56 bits per heavy atom. The molecule has 0 bridgehead atoms. The fraction of sp³-hybridized carbons (Fsp3) is 0.583. The summed E-state index contributed by atoms with van der Waals surface area (Å²) in [5.74, 6) is 1.42. The summed E-state index contributed by atoms with van der Waals surface area (Å²) >= 11 is 5.97. The predicted molar refractivity (Wildman–Crippen MR) is 69.2 cm³/mol. The average Bonchev–Trinajstić information content (AvgIpc) is 2.69. The lowest BCUT2D eigenvalue weighted by atomic mass is 10.0. The first-order valence-electron chi connectivity index (χ1n) is 5.95. The van der Waals surface area contributed by atoms with Gasteiger partial charge in [0.05, 0.1) is 18.2 Å². The molecule has 0 amide bonds. The first-order chi connectivity index (χ1) is 8.58. The van der Waals surface area contributed by atoms with Crippen molar-refractivity contribution >= 4 is 23.7 Å². The van der Waals surface area contributed by atoms with E-state index in [0.29, 0.717) is 29.4 Å². The summed E-state index contributed by atoms with van der Waals surface area (Å²) in [6, 6.07) is -0.0194. The van der Waals surface area contributed by atoms with E-state index >= 15 is 0 Å². The first kappa shape index (κ1) is 13.2. The van der Waals surface area contributed by atoms with Crippen molar-refractivity contribution in [3.63, 3.8) is 0 Å². The average molecular weight is 270 g/mol. The Balaban J connectivity index is 2.47. The van der Waals surface area contributed by atoms with Crippen LogP contribution in [-0.4, -0.2) is 40.6 Å². The standard InChI is InChI=1S/C12H16ClN3O2/c1-7-3-4-16(10(7)6-18)12-9(5-17)11(13)14-8(2)15-12/h5,7,10,18H,3-4,6H2,1-2H3. The van der Waals surface area contributed by atoms with Crippen LogP contribution < -0.4 is 4.90 Å². The SMILES string of the molecule is Cc1nc(Cl)c(C=O)c(N2CCC(C)C2CO)n1. The molecule has 6 heteroatoms. The molecule has 2 rings (SSSR count). The first-order valence-corrected chi connectivity index (χ1v) is 6.33. The maximum atomic E-state index is 11.1. The molecule has 0 saturated carbocycles. The molecule has 2 heterocycles. The molecule has 1 aromatic heterocycles. The van der Waals surface area contributed by atoms with E-state index in [1.165, 1.54) is 0 Å². The minimum atomic E-state index is -0.0194. The third-order valence-corrected chi connectivity index (χ3v) is 3.74. The number of aliphatic hydroxyl groups excluding tert-OH is 1. The minimum absolute atomic E-state index is 0.0194. The highest BCUT2D eigenvalue weighted by molar-refractivity contribution is 6.32. The van der Waals surface area contributed by atoms with Crippen molar-refractivity contribution in [2.45, 2.75) is 26.3 Å². The normalized spacial score (nSPS) is 23.4. The maximum Gasteiger partial charge on any atom is 0.156 e. The van der Waals surface area contributed by atoms with Crippen LogP contribution in [0.3, 0.4) is 0 Å². The summed E-state index contributed by atoms with van der Waals surface area (Å²) in [7, 11) is 0. The van der Waals surface area contributed by atoms with Crippen LogP contribution in [0.5, 0.6) is 0 Å². The number of carbonyl (C=O) groups excluding carboxylic acids is 1. The van der Waals surface area contributed by atoms with Crippen molar-refractivity contribution in [1.29, 1.82) is 0 Å². The highest BCUT2D eigenvalue weighted by atomic mass is 35.5. The number of aryl methyl sites for hydroxylation is 1. The Kier molecular flexibility index (Phi) is 3.82. The predicted octanol–water partition coefficient (Wildman–Crippen LogP) is 1.46. The van der Waals surface area contributed by atoms with E-state index in [9.17, 15) is 9.90 Å². The number of aldehydes is 1. The summed E-state index contributed by atoms with van der Waals surface area (Å²) in [6.07, 6.45) is 1.64. The van der Waals surface area contributed by atoms with Gasteiger partial charge in [-0.2, -0.15) is 0 Å². The van der Waals surface area contributed by atoms with Gasteiger partial charge in [0.25, 0.3) is 0 Å². The number of aliphatic hydroxyl groups is 1. The molecule has 18 heavy (non-hydrogen) atoms. The van der Waals surface area contributed by atoms with Gasteiger partial charge in [0.1, 0.15) is 16.8 Å². The summed E-state index contributed by atoms with van der Waals surface area (Å²) in [4.78, 5) is 21.4. The maximum absolute atomic E-state index is 11.1. The molecule has 0 spiro atoms. The minimum Gasteiger partial charge on any atom is -0.394 e. The van der Waals surface area contributed by atoms with Gasteiger partial charge < -0.3 is 10.0 Å². The van der Waals surface area contributed by atoms with E-state index < -0.39 is 0 Å². The van der Waals surface area contributed by atoms with Crippen molar-refractivity contribution in [2.24, 2.45) is 5.92 Å². The largest absolute Gasteiger partial charge is 0.394 e. The van der Waals surface area contributed by atoms with Crippen LogP contribution in [0.2, 0.25) is 5.15 Å². The van der Waals surface area contributed by atoms with Gasteiger partial charge in [0.15, 0.2) is 6.29 Å². The van der Waals surface area contributed by atoms with Gasteiger partial charge in [0, 0.05) is 6.54 Å². The lowest BCUT2D eigenvalue weighted by molar-refractivity contribution is 0.112. The second-order valence-electron chi connectivity index (χ2n) is 4.63. The van der Waals surface area contributed by atoms with E-state index in [0.717, 1.165) is 13.0 Å². The van der Waals surface area contributed by atoms with Crippen LogP contribution in [-0.2, 0) is 0 Å². The molecular formula is C12H16ClN3O2. The lowest BCUT2D eigenvalue weighted by Gasteiger charge is -2.27. The van der Waals surface area contributed by atoms with Gasteiger partial charge in [-0.25, -0.2) is 9.97 Å². The number of hydrogen-bond donors (Lipinski definition) is 1. The van der Waals surface area contributed by atoms with Gasteiger partial charge in [-0.15, -0.1) is 0 Å². The third kappa shape index (κ3) is 2.20. The molecule has 0 aromatic carbocycles. The third-order valence-electron chi connectivity index (χ3n) is 3.45. The Morgan fingerprint density at radius 2 is 2.28 bits per heavy atom. The number of anilines is 1. The molecule has 0 radical (unpaired) electrons. The topological polar surface area (TPSA) is 66.3 Å². The van der Waals surface area contributed by atoms with Crippen molar-refractivity contribution in [3.8, 4) is 0 Å². The summed E-state index contributed by atoms with van der Waals surface area (Å²) in [6.45, 7) is 4.62. The van der Waals surface area contributed by atoms with Crippen LogP contribution >= 0.6 is 11.6 Å². The van der Waals surface area contributed by atoms with Crippen LogP contribution in [0.4, 0.5) is 5.82 Å². The van der Waals surface area contributed by atoms with Gasteiger partial charge in [-0.1, -0.05) is 18.5 Å². The second kappa shape index (κ2) is 5.20. The van der Waals surface area contributed by atoms with E-state index in [-0.39, 0.29) is 17.8 Å². The summed E-state index contributed by atoms with van der Waals surface area (Å²) < 4.78 is 0. The molecule has 1 N–H and O–H groups in total. The van der Waals surface area contributed by atoms with E-state index in [1.807, 2.05) is 4.90 Å². The fourth-order valence-corrected chi connectivity index (χ4v) is 2.65. The molecule has 2 unspecified atom stereocenters. The zero-order chi connectivity index (χ0) is 13.3. The van der Waals surface area contributed by atoms with Gasteiger partial charge in [-0.05, 0) is 19.3 Å². The molecule has 2 atom stereocenters. The van der Waals surface area contributed by atoms with Gasteiger partial charge >= 0.3 is 0 Å². The molecule has 5 nitrogen and oxygen atoms in total. The molecule has 1 saturated heterocycles. The molecule has 98 valence electrons. The Morgan fingerprint density at radius 3 is 2.89 bits per heavy atom.